The first-order valence-corrected chi connectivity index (χ1v) is 9.14. The highest BCUT2D eigenvalue weighted by atomic mass is 32.2. The van der Waals surface area contributed by atoms with Gasteiger partial charge >= 0.3 is 0 Å². The van der Waals surface area contributed by atoms with E-state index in [2.05, 4.69) is 4.90 Å². The topological polar surface area (TPSA) is 32.8 Å². The number of benzene rings is 1. The molecule has 2 aliphatic rings. The van der Waals surface area contributed by atoms with E-state index in [1.54, 1.807) is 23.8 Å². The number of carbonyl (C=O) groups is 1. The number of hydrogen-bond acceptors (Lipinski definition) is 6. The van der Waals surface area contributed by atoms with Gasteiger partial charge in [-0.3, -0.25) is 9.69 Å². The molecule has 0 bridgehead atoms. The van der Waals surface area contributed by atoms with Crippen molar-refractivity contribution < 1.29 is 9.53 Å². The van der Waals surface area contributed by atoms with Crippen LogP contribution in [0.2, 0.25) is 0 Å². The van der Waals surface area contributed by atoms with E-state index in [-0.39, 0.29) is 5.91 Å². The summed E-state index contributed by atoms with van der Waals surface area (Å²) < 4.78 is 5.91. The Bertz CT molecular complexity index is 743. The van der Waals surface area contributed by atoms with Gasteiger partial charge in [0.05, 0.1) is 22.7 Å². The van der Waals surface area contributed by atoms with Crippen molar-refractivity contribution in [1.29, 1.82) is 0 Å². The largest absolute Gasteiger partial charge is 0.497 e. The van der Waals surface area contributed by atoms with Crippen LogP contribution < -0.4 is 9.64 Å². The van der Waals surface area contributed by atoms with Gasteiger partial charge < -0.3 is 9.64 Å². The molecule has 1 aromatic carbocycles. The number of rotatable bonds is 3. The van der Waals surface area contributed by atoms with Crippen LogP contribution >= 0.6 is 35.7 Å². The Hall–Kier alpha value is -1.44. The summed E-state index contributed by atoms with van der Waals surface area (Å²) in [4.78, 5) is 17.8. The van der Waals surface area contributed by atoms with Gasteiger partial charge in [-0.1, -0.05) is 35.7 Å². The van der Waals surface area contributed by atoms with Crippen molar-refractivity contribution >= 4 is 51.7 Å². The van der Waals surface area contributed by atoms with Crippen molar-refractivity contribution in [1.82, 2.24) is 4.90 Å². The Morgan fingerprint density at radius 1 is 1.30 bits per heavy atom. The summed E-state index contributed by atoms with van der Waals surface area (Å²) in [6, 6.07) is 6.02. The summed E-state index contributed by atoms with van der Waals surface area (Å²) in [7, 11) is 3.67. The minimum Gasteiger partial charge on any atom is -0.497 e. The third-order valence-corrected chi connectivity index (χ3v) is 6.22. The molecule has 0 saturated carbocycles. The molecule has 0 aliphatic carbocycles. The lowest BCUT2D eigenvalue weighted by molar-refractivity contribution is -0.122. The van der Waals surface area contributed by atoms with Gasteiger partial charge in [-0.05, 0) is 31.2 Å². The van der Waals surface area contributed by atoms with Gasteiger partial charge in [0.25, 0.3) is 5.91 Å². The number of methoxy groups -OCH3 is 1. The number of nitrogens with zero attached hydrogens (tertiary/aromatic N) is 2. The van der Waals surface area contributed by atoms with Gasteiger partial charge in [0.15, 0.2) is 0 Å². The van der Waals surface area contributed by atoms with Crippen molar-refractivity contribution in [2.24, 2.45) is 0 Å². The van der Waals surface area contributed by atoms with Crippen LogP contribution in [-0.4, -0.2) is 35.8 Å². The zero-order valence-electron chi connectivity index (χ0n) is 13.0. The Labute approximate surface area is 149 Å². The zero-order chi connectivity index (χ0) is 16.6. The SMILES string of the molecule is CCN1C(=O)C(=CC=C2Sc3ccc(OC)cc3N2C)SC1=S. The molecule has 7 heteroatoms. The second-order valence-corrected chi connectivity index (χ2v) is 7.69. The molecule has 120 valence electrons. The predicted molar refractivity (Wildman–Crippen MR) is 101 cm³/mol. The summed E-state index contributed by atoms with van der Waals surface area (Å²) in [5.74, 6) is 0.824. The number of thiocarbonyl (C=S) groups is 1. The number of anilines is 1. The molecule has 2 aliphatic heterocycles. The van der Waals surface area contributed by atoms with Gasteiger partial charge in [-0.25, -0.2) is 0 Å². The number of thioether (sulfide) groups is 2. The molecule has 0 spiro atoms. The maximum Gasteiger partial charge on any atom is 0.266 e. The van der Waals surface area contributed by atoms with Crippen molar-refractivity contribution in [3.8, 4) is 5.75 Å². The first-order valence-electron chi connectivity index (χ1n) is 7.10. The maximum atomic E-state index is 12.2. The van der Waals surface area contributed by atoms with E-state index in [9.17, 15) is 4.79 Å². The quantitative estimate of drug-likeness (QED) is 0.599. The monoisotopic (exact) mass is 364 g/mol. The average molecular weight is 365 g/mol. The molecule has 1 saturated heterocycles. The van der Waals surface area contributed by atoms with Crippen LogP contribution in [0.25, 0.3) is 0 Å². The minimum atomic E-state index is -0.0100. The molecule has 23 heavy (non-hydrogen) atoms. The second-order valence-electron chi connectivity index (χ2n) is 4.95. The molecule has 0 unspecified atom stereocenters. The molecule has 0 atom stereocenters. The van der Waals surface area contributed by atoms with E-state index in [4.69, 9.17) is 17.0 Å². The van der Waals surface area contributed by atoms with E-state index < -0.39 is 0 Å². The van der Waals surface area contributed by atoms with E-state index in [1.807, 2.05) is 44.3 Å². The van der Waals surface area contributed by atoms with Gasteiger partial charge in [0, 0.05) is 24.6 Å². The first kappa shape index (κ1) is 16.4. The Kier molecular flexibility index (Phi) is 4.70. The summed E-state index contributed by atoms with van der Waals surface area (Å²) in [5, 5.41) is 1.06. The number of carbonyl (C=O) groups excluding carboxylic acids is 1. The fourth-order valence-electron chi connectivity index (χ4n) is 2.35. The number of ether oxygens (including phenoxy) is 1. The molecule has 0 radical (unpaired) electrons. The number of allylic oxidation sites excluding steroid dienone is 2. The van der Waals surface area contributed by atoms with Crippen LogP contribution in [-0.2, 0) is 4.79 Å². The molecule has 1 fully saturated rings. The summed E-state index contributed by atoms with van der Waals surface area (Å²) in [5.41, 5.74) is 1.11. The fourth-order valence-corrected chi connectivity index (χ4v) is 4.71. The Balaban J connectivity index is 1.84. The predicted octanol–water partition coefficient (Wildman–Crippen LogP) is 3.84. The number of hydrogen-bond donors (Lipinski definition) is 0. The van der Waals surface area contributed by atoms with Gasteiger partial charge in [0.2, 0.25) is 0 Å². The van der Waals surface area contributed by atoms with Crippen LogP contribution in [0.4, 0.5) is 5.69 Å². The molecule has 4 nitrogen and oxygen atoms in total. The minimum absolute atomic E-state index is 0.0100. The molecule has 3 rings (SSSR count). The van der Waals surface area contributed by atoms with E-state index in [1.165, 1.54) is 16.7 Å². The first-order chi connectivity index (χ1) is 11.0. The molecule has 1 aromatic rings. The number of likely N-dealkylation sites (N-methyl/N-ethyl adjacent to an activating group) is 1. The zero-order valence-corrected chi connectivity index (χ0v) is 15.5. The molecule has 2 heterocycles. The van der Waals surface area contributed by atoms with Crippen molar-refractivity contribution in [3.05, 3.63) is 40.3 Å². The van der Waals surface area contributed by atoms with Gasteiger partial charge in [-0.2, -0.15) is 0 Å². The lowest BCUT2D eigenvalue weighted by Crippen LogP contribution is -2.27. The van der Waals surface area contributed by atoms with Crippen molar-refractivity contribution in [3.63, 3.8) is 0 Å². The van der Waals surface area contributed by atoms with Crippen LogP contribution in [0.3, 0.4) is 0 Å². The van der Waals surface area contributed by atoms with Crippen molar-refractivity contribution in [2.45, 2.75) is 11.8 Å². The van der Waals surface area contributed by atoms with Crippen LogP contribution in [0.5, 0.6) is 5.75 Å². The summed E-state index contributed by atoms with van der Waals surface area (Å²) in [6.45, 7) is 2.54. The van der Waals surface area contributed by atoms with Gasteiger partial charge in [-0.15, -0.1) is 0 Å². The number of amides is 1. The number of fused-ring (bicyclic) bond motifs is 1. The van der Waals surface area contributed by atoms with Gasteiger partial charge in [0.1, 0.15) is 10.1 Å². The molecule has 0 aromatic heterocycles. The highest BCUT2D eigenvalue weighted by Crippen LogP contribution is 2.46. The lowest BCUT2D eigenvalue weighted by Gasteiger charge is -2.13. The Morgan fingerprint density at radius 3 is 2.74 bits per heavy atom. The lowest BCUT2D eigenvalue weighted by atomic mass is 10.3. The highest BCUT2D eigenvalue weighted by Gasteiger charge is 2.30. The highest BCUT2D eigenvalue weighted by molar-refractivity contribution is 8.26. The summed E-state index contributed by atoms with van der Waals surface area (Å²) in [6.07, 6.45) is 3.83. The standard InChI is InChI=1S/C16H16N2O2S3/c1-4-18-15(19)13(23-16(18)21)7-8-14-17(2)11-9-10(20-3)5-6-12(11)22-14/h5-9H,4H2,1-3H3. The molecule has 0 N–H and O–H groups in total. The molecule has 1 amide bonds. The third-order valence-electron chi connectivity index (χ3n) is 3.64. The summed E-state index contributed by atoms with van der Waals surface area (Å²) >= 11 is 8.26. The second kappa shape index (κ2) is 6.59. The van der Waals surface area contributed by atoms with Crippen molar-refractivity contribution in [2.75, 3.05) is 25.6 Å². The van der Waals surface area contributed by atoms with Crippen LogP contribution in [0.15, 0.2) is 45.2 Å². The van der Waals surface area contributed by atoms with E-state index in [0.29, 0.717) is 15.8 Å². The van der Waals surface area contributed by atoms with E-state index in [0.717, 1.165) is 16.5 Å². The fraction of sp³-hybridized carbons (Fsp3) is 0.250. The van der Waals surface area contributed by atoms with Crippen LogP contribution in [0.1, 0.15) is 6.92 Å². The molecular weight excluding hydrogens is 348 g/mol. The van der Waals surface area contributed by atoms with E-state index >= 15 is 0 Å². The third kappa shape index (κ3) is 3.00. The Morgan fingerprint density at radius 2 is 2.09 bits per heavy atom. The average Bonchev–Trinajstić information content (AvgIpc) is 3.01. The van der Waals surface area contributed by atoms with Crippen LogP contribution in [0, 0.1) is 0 Å². The normalized spacial score (nSPS) is 20.8. The maximum absolute atomic E-state index is 12.2. The smallest absolute Gasteiger partial charge is 0.266 e. The molecular formula is C16H16N2O2S3.